The molecule has 0 aromatic heterocycles. The molecule has 3 aromatic carbocycles. The van der Waals surface area contributed by atoms with Gasteiger partial charge in [0.2, 0.25) is 5.91 Å². The van der Waals surface area contributed by atoms with E-state index in [1.165, 1.54) is 0 Å². The highest BCUT2D eigenvalue weighted by Crippen LogP contribution is 2.57. The van der Waals surface area contributed by atoms with E-state index < -0.39 is 11.6 Å². The van der Waals surface area contributed by atoms with Crippen molar-refractivity contribution < 1.29 is 18.3 Å². The molecule has 1 atom stereocenters. The molecule has 1 aliphatic heterocycles. The number of halogens is 5. The summed E-state index contributed by atoms with van der Waals surface area (Å²) in [5.74, 6) is -1.38. The van der Waals surface area contributed by atoms with Crippen molar-refractivity contribution in [1.82, 2.24) is 10.6 Å². The van der Waals surface area contributed by atoms with Crippen LogP contribution in [0.15, 0.2) is 60.2 Å². The Bertz CT molecular complexity index is 1530. The molecule has 9 heteroatoms. The van der Waals surface area contributed by atoms with Gasteiger partial charge in [-0.25, -0.2) is 8.78 Å². The predicted molar refractivity (Wildman–Crippen MR) is 163 cm³/mol. The monoisotopic (exact) mass is 630 g/mol. The van der Waals surface area contributed by atoms with Crippen LogP contribution in [-0.4, -0.2) is 25.6 Å². The number of hydrogen-bond acceptors (Lipinski definition) is 3. The van der Waals surface area contributed by atoms with Crippen LogP contribution in [0, 0.1) is 23.0 Å². The van der Waals surface area contributed by atoms with E-state index in [4.69, 9.17) is 39.5 Å². The van der Waals surface area contributed by atoms with E-state index in [9.17, 15) is 13.6 Å². The molecule has 2 saturated carbocycles. The summed E-state index contributed by atoms with van der Waals surface area (Å²) >= 11 is 18.7. The summed E-state index contributed by atoms with van der Waals surface area (Å²) in [6.07, 6.45) is 5.45. The second kappa shape index (κ2) is 12.2. The van der Waals surface area contributed by atoms with Crippen LogP contribution < -0.4 is 15.4 Å². The van der Waals surface area contributed by atoms with Crippen molar-refractivity contribution in [3.63, 3.8) is 0 Å². The lowest BCUT2D eigenvalue weighted by Crippen LogP contribution is -2.41. The number of hydrogen-bond donors (Lipinski definition) is 2. The molecule has 2 N–H and O–H groups in total. The third kappa shape index (κ3) is 6.05. The Labute approximate surface area is 259 Å². The molecule has 0 saturated heterocycles. The zero-order valence-electron chi connectivity index (χ0n) is 22.9. The van der Waals surface area contributed by atoms with E-state index >= 15 is 0 Å². The van der Waals surface area contributed by atoms with Gasteiger partial charge >= 0.3 is 0 Å². The summed E-state index contributed by atoms with van der Waals surface area (Å²) in [5.41, 5.74) is 4.87. The van der Waals surface area contributed by atoms with E-state index in [-0.39, 0.29) is 34.7 Å². The molecule has 6 rings (SSSR count). The first-order valence-corrected chi connectivity index (χ1v) is 15.5. The number of benzene rings is 3. The Balaban J connectivity index is 1.17. The molecule has 1 amide bonds. The van der Waals surface area contributed by atoms with Gasteiger partial charge in [-0.2, -0.15) is 0 Å². The highest BCUT2D eigenvalue weighted by atomic mass is 35.5. The van der Waals surface area contributed by atoms with Crippen molar-refractivity contribution in [2.45, 2.75) is 44.6 Å². The molecule has 3 aromatic rings. The molecule has 220 valence electrons. The first-order valence-electron chi connectivity index (χ1n) is 14.3. The van der Waals surface area contributed by atoms with Crippen LogP contribution >= 0.6 is 34.8 Å². The summed E-state index contributed by atoms with van der Waals surface area (Å²) in [7, 11) is 0. The van der Waals surface area contributed by atoms with Crippen LogP contribution in [-0.2, 0) is 11.2 Å². The number of aryl methyl sites for hydroxylation is 1. The number of rotatable bonds is 10. The van der Waals surface area contributed by atoms with Crippen molar-refractivity contribution in [2.75, 3.05) is 19.7 Å². The summed E-state index contributed by atoms with van der Waals surface area (Å²) < 4.78 is 33.1. The standard InChI is InChI=1S/C33H31Cl3F2N2O2/c34-24-5-1-4-22(28(24)35)30(21-10-11-21)40-32(41)23-17-39-18-33(14-15-33)27(23)20-8-6-19(7-9-20)3-2-16-42-31-26(38)13-12-25(37)29(31)36/h1,4-9,12-13,21,30,39H,2-3,10-11,14-18H2,(H,40,41). The summed E-state index contributed by atoms with van der Waals surface area (Å²) in [4.78, 5) is 13.9. The minimum absolute atomic E-state index is 0.0304. The second-order valence-corrected chi connectivity index (χ2v) is 12.7. The fourth-order valence-electron chi connectivity index (χ4n) is 5.97. The Hall–Kier alpha value is -2.64. The maximum atomic E-state index is 14.0. The Morgan fingerprint density at radius 2 is 1.74 bits per heavy atom. The molecule has 1 unspecified atom stereocenters. The quantitative estimate of drug-likeness (QED) is 0.175. The molecule has 2 aliphatic carbocycles. The maximum absolute atomic E-state index is 14.0. The first kappa shape index (κ1) is 29.4. The van der Waals surface area contributed by atoms with Gasteiger partial charge in [0.05, 0.1) is 22.7 Å². The minimum Gasteiger partial charge on any atom is -0.489 e. The molecule has 1 spiro atoms. The number of carbonyl (C=O) groups excluding carboxylic acids is 1. The predicted octanol–water partition coefficient (Wildman–Crippen LogP) is 8.34. The van der Waals surface area contributed by atoms with Crippen molar-refractivity contribution in [1.29, 1.82) is 0 Å². The van der Waals surface area contributed by atoms with Crippen LogP contribution in [0.4, 0.5) is 8.78 Å². The van der Waals surface area contributed by atoms with E-state index in [0.717, 1.165) is 72.2 Å². The van der Waals surface area contributed by atoms with Crippen molar-refractivity contribution in [3.05, 3.63) is 104 Å². The summed E-state index contributed by atoms with van der Waals surface area (Å²) in [6, 6.07) is 15.7. The van der Waals surface area contributed by atoms with Gasteiger partial charge in [0.25, 0.3) is 0 Å². The Kier molecular flexibility index (Phi) is 8.52. The van der Waals surface area contributed by atoms with Gasteiger partial charge in [-0.05, 0) is 84.9 Å². The fourth-order valence-corrected chi connectivity index (χ4v) is 6.61. The van der Waals surface area contributed by atoms with Gasteiger partial charge in [-0.15, -0.1) is 0 Å². The van der Waals surface area contributed by atoms with Crippen molar-refractivity contribution >= 4 is 46.3 Å². The van der Waals surface area contributed by atoms with E-state index in [1.807, 2.05) is 12.1 Å². The van der Waals surface area contributed by atoms with E-state index in [2.05, 4.69) is 34.9 Å². The fraction of sp³-hybridized carbons (Fsp3) is 0.364. The van der Waals surface area contributed by atoms with Crippen LogP contribution in [0.1, 0.15) is 54.8 Å². The summed E-state index contributed by atoms with van der Waals surface area (Å²) in [5, 5.41) is 7.43. The van der Waals surface area contributed by atoms with Crippen LogP contribution in [0.3, 0.4) is 0 Å². The average molecular weight is 632 g/mol. The van der Waals surface area contributed by atoms with Gasteiger partial charge < -0.3 is 15.4 Å². The van der Waals surface area contributed by atoms with Gasteiger partial charge in [0, 0.05) is 24.1 Å². The molecule has 1 heterocycles. The molecular formula is C33H31Cl3F2N2O2. The average Bonchev–Trinajstić information content (AvgIpc) is 3.93. The smallest absolute Gasteiger partial charge is 0.249 e. The van der Waals surface area contributed by atoms with Gasteiger partial charge in [-0.1, -0.05) is 71.2 Å². The lowest BCUT2D eigenvalue weighted by Gasteiger charge is -2.31. The van der Waals surface area contributed by atoms with Crippen LogP contribution in [0.2, 0.25) is 15.1 Å². The molecule has 0 bridgehead atoms. The molecule has 0 radical (unpaired) electrons. The third-order valence-corrected chi connectivity index (χ3v) is 9.71. The SMILES string of the molecule is O=C(NC(c1cccc(Cl)c1Cl)C1CC1)C1=C(c2ccc(CCCOc3c(F)ccc(F)c3Cl)cc2)C2(CC2)CNC1. The molecule has 42 heavy (non-hydrogen) atoms. The lowest BCUT2D eigenvalue weighted by atomic mass is 9.82. The van der Waals surface area contributed by atoms with Gasteiger partial charge in [0.15, 0.2) is 11.6 Å². The topological polar surface area (TPSA) is 50.4 Å². The molecule has 3 aliphatic rings. The van der Waals surface area contributed by atoms with Crippen LogP contribution in [0.25, 0.3) is 5.57 Å². The normalized spacial score (nSPS) is 18.2. The van der Waals surface area contributed by atoms with Crippen LogP contribution in [0.5, 0.6) is 5.75 Å². The molecule has 2 fully saturated rings. The van der Waals surface area contributed by atoms with Crippen molar-refractivity contribution in [3.8, 4) is 5.75 Å². The largest absolute Gasteiger partial charge is 0.489 e. The lowest BCUT2D eigenvalue weighted by molar-refractivity contribution is -0.118. The van der Waals surface area contributed by atoms with Crippen molar-refractivity contribution in [2.24, 2.45) is 11.3 Å². The number of nitrogens with one attached hydrogen (secondary N) is 2. The van der Waals surface area contributed by atoms with E-state index in [0.29, 0.717) is 35.3 Å². The highest BCUT2D eigenvalue weighted by Gasteiger charge is 2.50. The first-order chi connectivity index (χ1) is 20.3. The zero-order chi connectivity index (χ0) is 29.4. The third-order valence-electron chi connectivity index (χ3n) is 8.52. The highest BCUT2D eigenvalue weighted by molar-refractivity contribution is 6.42. The number of amides is 1. The summed E-state index contributed by atoms with van der Waals surface area (Å²) in [6.45, 7) is 1.55. The number of carbonyl (C=O) groups is 1. The Morgan fingerprint density at radius 1 is 1.00 bits per heavy atom. The minimum atomic E-state index is -0.714. The maximum Gasteiger partial charge on any atom is 0.249 e. The van der Waals surface area contributed by atoms with E-state index in [1.54, 1.807) is 6.07 Å². The molecule has 4 nitrogen and oxygen atoms in total. The van der Waals surface area contributed by atoms with Gasteiger partial charge in [0.1, 0.15) is 10.8 Å². The Morgan fingerprint density at radius 3 is 2.45 bits per heavy atom. The zero-order valence-corrected chi connectivity index (χ0v) is 25.2. The second-order valence-electron chi connectivity index (χ2n) is 11.5. The number of ether oxygens (including phenoxy) is 1. The van der Waals surface area contributed by atoms with Gasteiger partial charge in [-0.3, -0.25) is 4.79 Å². The molecular weight excluding hydrogens is 601 g/mol.